The number of benzene rings is 2. The second-order valence-corrected chi connectivity index (χ2v) is 11.5. The molecule has 5 rings (SSSR count). The van der Waals surface area contributed by atoms with Crippen molar-refractivity contribution in [2.45, 2.75) is 81.6 Å². The Morgan fingerprint density at radius 1 is 0.923 bits per heavy atom. The van der Waals surface area contributed by atoms with E-state index in [1.54, 1.807) is 7.05 Å². The second-order valence-electron chi connectivity index (χ2n) is 11.5. The minimum Gasteiger partial charge on any atom is -0.390 e. The van der Waals surface area contributed by atoms with Crippen LogP contribution in [0, 0.1) is 0 Å². The van der Waals surface area contributed by atoms with Crippen molar-refractivity contribution in [3.8, 4) is 0 Å². The second kappa shape index (κ2) is 11.5. The fourth-order valence-electron chi connectivity index (χ4n) is 6.55. The predicted octanol–water partition coefficient (Wildman–Crippen LogP) is 2.99. The summed E-state index contributed by atoms with van der Waals surface area (Å²) in [6.45, 7) is 2.45. The molecule has 208 valence electrons. The van der Waals surface area contributed by atoms with Crippen molar-refractivity contribution in [1.29, 1.82) is 0 Å². The smallest absolute Gasteiger partial charge is 0.251 e. The van der Waals surface area contributed by atoms with Crippen molar-refractivity contribution in [3.05, 3.63) is 71.3 Å². The summed E-state index contributed by atoms with van der Waals surface area (Å²) in [5.41, 5.74) is 0.919. The van der Waals surface area contributed by atoms with E-state index in [-0.39, 0.29) is 24.1 Å². The third-order valence-corrected chi connectivity index (χ3v) is 8.89. The molecule has 2 aromatic rings. The molecule has 1 atom stereocenters. The molecular formula is C31H40N4O4. The van der Waals surface area contributed by atoms with E-state index in [2.05, 4.69) is 15.5 Å². The Kier molecular flexibility index (Phi) is 8.05. The highest BCUT2D eigenvalue weighted by Crippen LogP contribution is 2.38. The summed E-state index contributed by atoms with van der Waals surface area (Å²) in [7, 11) is 1.62. The maximum atomic E-state index is 14.0. The summed E-state index contributed by atoms with van der Waals surface area (Å²) < 4.78 is 0. The van der Waals surface area contributed by atoms with Crippen molar-refractivity contribution >= 4 is 17.7 Å². The lowest BCUT2D eigenvalue weighted by atomic mass is 9.77. The van der Waals surface area contributed by atoms with E-state index in [0.29, 0.717) is 57.4 Å². The molecule has 3 aliphatic rings. The number of hydrogen-bond donors (Lipinski definition) is 3. The zero-order valence-corrected chi connectivity index (χ0v) is 22.8. The van der Waals surface area contributed by atoms with Gasteiger partial charge in [-0.25, -0.2) is 0 Å². The standard InChI is InChI=1S/C31H40N4O4/c1-32-27(36)25-12-10-24(11-13-25)21-34-18-16-31(17-19-34)29(38)33-26(20-30(39)14-6-3-7-15-30)28(37)35(31)22-23-8-4-2-5-9-23/h2,4-5,8-13,26,39H,3,6-7,14-22H2,1H3,(H,32,36)(H,33,38)/t26-/m1/s1. The topological polar surface area (TPSA) is 102 Å². The molecule has 2 aliphatic heterocycles. The summed E-state index contributed by atoms with van der Waals surface area (Å²) in [6, 6.07) is 16.7. The Balaban J connectivity index is 1.32. The van der Waals surface area contributed by atoms with E-state index in [1.807, 2.05) is 59.5 Å². The molecule has 3 amide bonds. The maximum absolute atomic E-state index is 14.0. The Morgan fingerprint density at radius 2 is 1.56 bits per heavy atom. The van der Waals surface area contributed by atoms with Gasteiger partial charge in [0.15, 0.2) is 0 Å². The quantitative estimate of drug-likeness (QED) is 0.509. The third-order valence-electron chi connectivity index (χ3n) is 8.89. The number of carbonyl (C=O) groups excluding carboxylic acids is 3. The number of piperazine rings is 1. The molecule has 0 bridgehead atoms. The van der Waals surface area contributed by atoms with Gasteiger partial charge in [0, 0.05) is 45.2 Å². The monoisotopic (exact) mass is 532 g/mol. The molecule has 0 aromatic heterocycles. The van der Waals surface area contributed by atoms with E-state index in [0.717, 1.165) is 30.4 Å². The van der Waals surface area contributed by atoms with Crippen molar-refractivity contribution in [1.82, 2.24) is 20.4 Å². The van der Waals surface area contributed by atoms with Crippen LogP contribution in [0.15, 0.2) is 54.6 Å². The van der Waals surface area contributed by atoms with Gasteiger partial charge in [0.05, 0.1) is 5.60 Å². The van der Waals surface area contributed by atoms with Crippen molar-refractivity contribution in [2.75, 3.05) is 20.1 Å². The number of hydrogen-bond acceptors (Lipinski definition) is 5. The van der Waals surface area contributed by atoms with Gasteiger partial charge in [-0.3, -0.25) is 19.3 Å². The predicted molar refractivity (Wildman–Crippen MR) is 149 cm³/mol. The van der Waals surface area contributed by atoms with Crippen molar-refractivity contribution < 1.29 is 19.5 Å². The lowest BCUT2D eigenvalue weighted by Gasteiger charge is -2.52. The van der Waals surface area contributed by atoms with Crippen molar-refractivity contribution in [3.63, 3.8) is 0 Å². The summed E-state index contributed by atoms with van der Waals surface area (Å²) in [5.74, 6) is -0.297. The Morgan fingerprint density at radius 3 is 2.21 bits per heavy atom. The maximum Gasteiger partial charge on any atom is 0.251 e. The van der Waals surface area contributed by atoms with Crippen LogP contribution in [0.2, 0.25) is 0 Å². The van der Waals surface area contributed by atoms with Crippen LogP contribution in [0.25, 0.3) is 0 Å². The van der Waals surface area contributed by atoms with E-state index < -0.39 is 17.2 Å². The molecule has 3 N–H and O–H groups in total. The lowest BCUT2D eigenvalue weighted by molar-refractivity contribution is -0.164. The molecule has 1 aliphatic carbocycles. The zero-order chi connectivity index (χ0) is 27.5. The molecule has 2 heterocycles. The fourth-order valence-corrected chi connectivity index (χ4v) is 6.55. The molecular weight excluding hydrogens is 492 g/mol. The van der Waals surface area contributed by atoms with Gasteiger partial charge in [-0.1, -0.05) is 61.7 Å². The highest BCUT2D eigenvalue weighted by atomic mass is 16.3. The molecule has 8 nitrogen and oxygen atoms in total. The van der Waals surface area contributed by atoms with Gasteiger partial charge in [0.1, 0.15) is 11.6 Å². The number of nitrogens with zero attached hydrogens (tertiary/aromatic N) is 2. The van der Waals surface area contributed by atoms with E-state index in [9.17, 15) is 19.5 Å². The largest absolute Gasteiger partial charge is 0.390 e. The van der Waals surface area contributed by atoms with Gasteiger partial charge in [-0.15, -0.1) is 0 Å². The highest BCUT2D eigenvalue weighted by molar-refractivity contribution is 6.00. The van der Waals surface area contributed by atoms with Gasteiger partial charge in [0.25, 0.3) is 5.91 Å². The number of rotatable bonds is 7. The summed E-state index contributed by atoms with van der Waals surface area (Å²) in [4.78, 5) is 43.8. The van der Waals surface area contributed by atoms with Crippen LogP contribution in [0.3, 0.4) is 0 Å². The molecule has 0 unspecified atom stereocenters. The Bertz CT molecular complexity index is 1170. The molecule has 2 saturated heterocycles. The molecule has 8 heteroatoms. The first-order chi connectivity index (χ1) is 18.8. The fraction of sp³-hybridized carbons (Fsp3) is 0.516. The minimum atomic E-state index is -0.905. The molecule has 1 saturated carbocycles. The van der Waals surface area contributed by atoms with Gasteiger partial charge in [-0.05, 0) is 48.9 Å². The van der Waals surface area contributed by atoms with Crippen LogP contribution in [0.1, 0.15) is 72.9 Å². The van der Waals surface area contributed by atoms with Crippen LogP contribution >= 0.6 is 0 Å². The molecule has 2 aromatic carbocycles. The third kappa shape index (κ3) is 5.87. The number of carbonyl (C=O) groups is 3. The zero-order valence-electron chi connectivity index (χ0n) is 22.8. The van der Waals surface area contributed by atoms with Crippen LogP contribution in [-0.2, 0) is 22.7 Å². The first kappa shape index (κ1) is 27.3. The summed E-state index contributed by atoms with van der Waals surface area (Å²) in [5, 5.41) is 16.9. The van der Waals surface area contributed by atoms with Crippen molar-refractivity contribution in [2.24, 2.45) is 0 Å². The first-order valence-electron chi connectivity index (χ1n) is 14.2. The lowest BCUT2D eigenvalue weighted by Crippen LogP contribution is -2.73. The Hall–Kier alpha value is -3.23. The normalized spacial score (nSPS) is 22.9. The Labute approximate surface area is 230 Å². The number of likely N-dealkylation sites (tertiary alicyclic amines) is 1. The van der Waals surface area contributed by atoms with Crippen LogP contribution in [0.4, 0.5) is 0 Å². The number of nitrogens with one attached hydrogen (secondary N) is 2. The molecule has 0 radical (unpaired) electrons. The number of piperidine rings is 1. The van der Waals surface area contributed by atoms with Gasteiger partial charge in [-0.2, -0.15) is 0 Å². The number of amides is 3. The van der Waals surface area contributed by atoms with Crippen LogP contribution in [0.5, 0.6) is 0 Å². The first-order valence-corrected chi connectivity index (χ1v) is 14.2. The minimum absolute atomic E-state index is 0.0873. The highest BCUT2D eigenvalue weighted by Gasteiger charge is 2.54. The van der Waals surface area contributed by atoms with E-state index in [4.69, 9.17) is 0 Å². The number of aliphatic hydroxyl groups is 1. The summed E-state index contributed by atoms with van der Waals surface area (Å²) >= 11 is 0. The van der Waals surface area contributed by atoms with E-state index >= 15 is 0 Å². The van der Waals surface area contributed by atoms with Crippen LogP contribution < -0.4 is 10.6 Å². The average molecular weight is 533 g/mol. The van der Waals surface area contributed by atoms with Gasteiger partial charge >= 0.3 is 0 Å². The van der Waals surface area contributed by atoms with Gasteiger partial charge in [0.2, 0.25) is 11.8 Å². The summed E-state index contributed by atoms with van der Waals surface area (Å²) in [6.07, 6.45) is 5.73. The van der Waals surface area contributed by atoms with Gasteiger partial charge < -0.3 is 20.6 Å². The molecule has 39 heavy (non-hydrogen) atoms. The average Bonchev–Trinajstić information content (AvgIpc) is 2.96. The molecule has 3 fully saturated rings. The van der Waals surface area contributed by atoms with Crippen LogP contribution in [-0.4, -0.2) is 69.9 Å². The van der Waals surface area contributed by atoms with E-state index in [1.165, 1.54) is 0 Å². The molecule has 1 spiro atoms. The SMILES string of the molecule is CNC(=O)c1ccc(CN2CCC3(CC2)C(=O)N[C@H](CC2(O)CCCCC2)C(=O)N3Cc2ccccc2)cc1.